The minimum absolute atomic E-state index is 0.0274. The maximum absolute atomic E-state index is 13.1. The first kappa shape index (κ1) is 17.0. The molecule has 0 unspecified atom stereocenters. The molecule has 2 aliphatic heterocycles. The van der Waals surface area contributed by atoms with Crippen LogP contribution in [0.2, 0.25) is 0 Å². The molecule has 7 nitrogen and oxygen atoms in total. The number of carbonyl (C=O) groups excluding carboxylic acids is 1. The van der Waals surface area contributed by atoms with Crippen LogP contribution in [0.25, 0.3) is 11.0 Å². The Balaban J connectivity index is 1.33. The third-order valence-electron chi connectivity index (χ3n) is 5.70. The Morgan fingerprint density at radius 3 is 2.93 bits per heavy atom. The summed E-state index contributed by atoms with van der Waals surface area (Å²) in [5.74, 6) is 1.67. The summed E-state index contributed by atoms with van der Waals surface area (Å²) in [5.41, 5.74) is 3.38. The van der Waals surface area contributed by atoms with Gasteiger partial charge in [0.15, 0.2) is 11.5 Å². The van der Waals surface area contributed by atoms with E-state index in [1.54, 1.807) is 0 Å². The monoisotopic (exact) mass is 378 g/mol. The first-order valence-electron chi connectivity index (χ1n) is 9.58. The molecule has 1 saturated heterocycles. The molecule has 1 amide bonds. The van der Waals surface area contributed by atoms with Crippen molar-refractivity contribution in [1.29, 1.82) is 0 Å². The molecule has 1 atom stereocenters. The molecule has 144 valence electrons. The quantitative estimate of drug-likeness (QED) is 0.757. The molecule has 0 radical (unpaired) electrons. The van der Waals surface area contributed by atoms with Gasteiger partial charge in [0, 0.05) is 18.7 Å². The van der Waals surface area contributed by atoms with Gasteiger partial charge in [0.05, 0.1) is 0 Å². The predicted molar refractivity (Wildman–Crippen MR) is 103 cm³/mol. The second-order valence-corrected chi connectivity index (χ2v) is 8.03. The van der Waals surface area contributed by atoms with Crippen molar-refractivity contribution in [3.05, 3.63) is 47.5 Å². The number of hydrogen-bond acceptors (Lipinski definition) is 5. The summed E-state index contributed by atoms with van der Waals surface area (Å²) < 4.78 is 10.9. The van der Waals surface area contributed by atoms with Gasteiger partial charge in [-0.1, -0.05) is 13.0 Å². The molecule has 0 saturated carbocycles. The SMILES string of the molecule is C[C@@]1(Cc2ccc3c(c2)OCO3)CCCN(C(=O)c2ccc3n[nH]nc3c2)C1. The first-order valence-corrected chi connectivity index (χ1v) is 9.58. The van der Waals surface area contributed by atoms with Gasteiger partial charge in [0.25, 0.3) is 5.91 Å². The number of rotatable bonds is 3. The van der Waals surface area contributed by atoms with Crippen LogP contribution in [-0.4, -0.2) is 46.1 Å². The summed E-state index contributed by atoms with van der Waals surface area (Å²) in [6.45, 7) is 4.07. The van der Waals surface area contributed by atoms with E-state index in [2.05, 4.69) is 34.5 Å². The largest absolute Gasteiger partial charge is 0.454 e. The highest BCUT2D eigenvalue weighted by Crippen LogP contribution is 2.38. The van der Waals surface area contributed by atoms with Crippen LogP contribution in [0, 0.1) is 5.41 Å². The Hall–Kier alpha value is -3.09. The minimum atomic E-state index is 0.0274. The van der Waals surface area contributed by atoms with Gasteiger partial charge in [0.2, 0.25) is 6.79 Å². The molecule has 0 spiro atoms. The lowest BCUT2D eigenvalue weighted by molar-refractivity contribution is 0.0551. The van der Waals surface area contributed by atoms with Gasteiger partial charge < -0.3 is 14.4 Å². The number of nitrogens with one attached hydrogen (secondary N) is 1. The maximum Gasteiger partial charge on any atom is 0.253 e. The summed E-state index contributed by atoms with van der Waals surface area (Å²) in [7, 11) is 0. The van der Waals surface area contributed by atoms with Crippen LogP contribution in [0.1, 0.15) is 35.7 Å². The molecule has 1 aromatic heterocycles. The van der Waals surface area contributed by atoms with E-state index in [0.29, 0.717) is 11.1 Å². The summed E-state index contributed by atoms with van der Waals surface area (Å²) in [5, 5.41) is 10.7. The van der Waals surface area contributed by atoms with Crippen molar-refractivity contribution in [2.75, 3.05) is 19.9 Å². The number of piperidine rings is 1. The molecule has 5 rings (SSSR count). The summed E-state index contributed by atoms with van der Waals surface area (Å²) in [6, 6.07) is 11.6. The van der Waals surface area contributed by atoms with Crippen molar-refractivity contribution >= 4 is 16.9 Å². The first-order chi connectivity index (χ1) is 13.6. The van der Waals surface area contributed by atoms with Crippen molar-refractivity contribution in [2.24, 2.45) is 5.41 Å². The Morgan fingerprint density at radius 2 is 2.00 bits per heavy atom. The van der Waals surface area contributed by atoms with Crippen molar-refractivity contribution in [3.63, 3.8) is 0 Å². The topological polar surface area (TPSA) is 80.3 Å². The lowest BCUT2D eigenvalue weighted by Crippen LogP contribution is -2.45. The Kier molecular flexibility index (Phi) is 3.96. The van der Waals surface area contributed by atoms with Crippen LogP contribution in [0.5, 0.6) is 11.5 Å². The van der Waals surface area contributed by atoms with E-state index in [9.17, 15) is 4.79 Å². The van der Waals surface area contributed by atoms with Crippen LogP contribution in [0.15, 0.2) is 36.4 Å². The average Bonchev–Trinajstić information content (AvgIpc) is 3.35. The number of benzene rings is 2. The number of hydrogen-bond donors (Lipinski definition) is 1. The molecule has 0 bridgehead atoms. The van der Waals surface area contributed by atoms with Crippen LogP contribution in [0.3, 0.4) is 0 Å². The zero-order chi connectivity index (χ0) is 19.1. The molecule has 0 aliphatic carbocycles. The van der Waals surface area contributed by atoms with E-state index in [4.69, 9.17) is 9.47 Å². The maximum atomic E-state index is 13.1. The highest BCUT2D eigenvalue weighted by Gasteiger charge is 2.34. The molecule has 2 aromatic carbocycles. The number of H-pyrrole nitrogens is 1. The number of carbonyl (C=O) groups is 1. The molecule has 3 heterocycles. The van der Waals surface area contributed by atoms with Gasteiger partial charge in [-0.3, -0.25) is 4.79 Å². The Labute approximate surface area is 162 Å². The molecular formula is C21H22N4O3. The third kappa shape index (κ3) is 3.06. The number of aromatic amines is 1. The van der Waals surface area contributed by atoms with Gasteiger partial charge in [0.1, 0.15) is 11.0 Å². The third-order valence-corrected chi connectivity index (χ3v) is 5.70. The van der Waals surface area contributed by atoms with E-state index < -0.39 is 0 Å². The van der Waals surface area contributed by atoms with Gasteiger partial charge in [-0.2, -0.15) is 15.4 Å². The molecular weight excluding hydrogens is 356 g/mol. The van der Waals surface area contributed by atoms with E-state index in [-0.39, 0.29) is 18.1 Å². The number of nitrogens with zero attached hydrogens (tertiary/aromatic N) is 3. The van der Waals surface area contributed by atoms with Gasteiger partial charge in [-0.15, -0.1) is 0 Å². The number of amides is 1. The zero-order valence-electron chi connectivity index (χ0n) is 15.8. The second kappa shape index (κ2) is 6.51. The smallest absolute Gasteiger partial charge is 0.253 e. The fraction of sp³-hybridized carbons (Fsp3) is 0.381. The van der Waals surface area contributed by atoms with Crippen molar-refractivity contribution in [1.82, 2.24) is 20.3 Å². The van der Waals surface area contributed by atoms with Gasteiger partial charge >= 0.3 is 0 Å². The average molecular weight is 378 g/mol. The number of aromatic nitrogens is 3. The highest BCUT2D eigenvalue weighted by molar-refractivity contribution is 5.97. The molecule has 1 fully saturated rings. The number of ether oxygens (including phenoxy) is 2. The van der Waals surface area contributed by atoms with Crippen LogP contribution < -0.4 is 9.47 Å². The normalized spacial score (nSPS) is 21.2. The molecule has 1 N–H and O–H groups in total. The summed E-state index contributed by atoms with van der Waals surface area (Å²) in [4.78, 5) is 15.1. The van der Waals surface area contributed by atoms with Gasteiger partial charge in [-0.05, 0) is 60.6 Å². The fourth-order valence-corrected chi connectivity index (χ4v) is 4.33. The summed E-state index contributed by atoms with van der Waals surface area (Å²) in [6.07, 6.45) is 2.99. The van der Waals surface area contributed by atoms with Crippen LogP contribution in [0.4, 0.5) is 0 Å². The number of likely N-dealkylation sites (tertiary alicyclic amines) is 1. The standard InChI is InChI=1S/C21H22N4O3/c1-21(11-14-3-6-18-19(9-14)28-13-27-18)7-2-8-25(12-21)20(26)15-4-5-16-17(10-15)23-24-22-16/h3-6,9-10H,2,7-8,11-13H2,1H3,(H,22,23,24)/t21-/m0/s1. The lowest BCUT2D eigenvalue weighted by Gasteiger charge is -2.40. The van der Waals surface area contributed by atoms with Crippen molar-refractivity contribution in [3.8, 4) is 11.5 Å². The van der Waals surface area contributed by atoms with Crippen LogP contribution >= 0.6 is 0 Å². The summed E-state index contributed by atoms with van der Waals surface area (Å²) >= 11 is 0. The van der Waals surface area contributed by atoms with E-state index >= 15 is 0 Å². The van der Waals surface area contributed by atoms with E-state index in [1.807, 2.05) is 29.2 Å². The van der Waals surface area contributed by atoms with E-state index in [1.165, 1.54) is 5.56 Å². The predicted octanol–water partition coefficient (Wildman–Crippen LogP) is 3.17. The van der Waals surface area contributed by atoms with Gasteiger partial charge in [-0.25, -0.2) is 0 Å². The molecule has 28 heavy (non-hydrogen) atoms. The minimum Gasteiger partial charge on any atom is -0.454 e. The Bertz CT molecular complexity index is 1050. The second-order valence-electron chi connectivity index (χ2n) is 8.03. The molecule has 7 heteroatoms. The van der Waals surface area contributed by atoms with Crippen molar-refractivity contribution < 1.29 is 14.3 Å². The highest BCUT2D eigenvalue weighted by atomic mass is 16.7. The molecule has 3 aromatic rings. The van der Waals surface area contributed by atoms with E-state index in [0.717, 1.165) is 49.4 Å². The zero-order valence-corrected chi connectivity index (χ0v) is 15.8. The Morgan fingerprint density at radius 1 is 1.14 bits per heavy atom. The molecule has 2 aliphatic rings. The fourth-order valence-electron chi connectivity index (χ4n) is 4.33. The lowest BCUT2D eigenvalue weighted by atomic mass is 9.76. The number of fused-ring (bicyclic) bond motifs is 2. The van der Waals surface area contributed by atoms with Crippen LogP contribution in [-0.2, 0) is 6.42 Å². The van der Waals surface area contributed by atoms with Crippen molar-refractivity contribution in [2.45, 2.75) is 26.2 Å².